The van der Waals surface area contributed by atoms with Gasteiger partial charge in [0, 0.05) is 11.3 Å². The first-order valence-electron chi connectivity index (χ1n) is 6.95. The van der Waals surface area contributed by atoms with Crippen molar-refractivity contribution in [2.24, 2.45) is 5.41 Å². The van der Waals surface area contributed by atoms with Crippen LogP contribution in [0.15, 0.2) is 36.4 Å². The van der Waals surface area contributed by atoms with Crippen LogP contribution in [0.4, 0.5) is 0 Å². The SMILES string of the molecule is COc1ccc2cc([C@H](C)C(=O)C(C)(C)C)ccc2c1. The molecule has 0 heterocycles. The second-order valence-electron chi connectivity index (χ2n) is 6.31. The van der Waals surface area contributed by atoms with E-state index in [2.05, 4.69) is 12.1 Å². The van der Waals surface area contributed by atoms with Crippen molar-refractivity contribution in [2.45, 2.75) is 33.6 Å². The summed E-state index contributed by atoms with van der Waals surface area (Å²) in [5.41, 5.74) is 0.761. The Morgan fingerprint density at radius 2 is 1.65 bits per heavy atom. The van der Waals surface area contributed by atoms with Gasteiger partial charge in [0.1, 0.15) is 11.5 Å². The third kappa shape index (κ3) is 2.84. The quantitative estimate of drug-likeness (QED) is 0.816. The number of ketones is 1. The summed E-state index contributed by atoms with van der Waals surface area (Å²) in [7, 11) is 1.67. The molecule has 2 nitrogen and oxygen atoms in total. The van der Waals surface area contributed by atoms with Gasteiger partial charge in [-0.3, -0.25) is 4.79 Å². The average Bonchev–Trinajstić information content (AvgIpc) is 2.43. The van der Waals surface area contributed by atoms with Crippen molar-refractivity contribution in [3.63, 3.8) is 0 Å². The Hall–Kier alpha value is -1.83. The molecule has 0 aliphatic heterocycles. The normalized spacial score (nSPS) is 13.2. The molecule has 0 N–H and O–H groups in total. The molecule has 0 fully saturated rings. The van der Waals surface area contributed by atoms with E-state index in [1.54, 1.807) is 7.11 Å². The molecule has 0 aliphatic rings. The van der Waals surface area contributed by atoms with Crippen LogP contribution in [0.3, 0.4) is 0 Å². The molecular formula is C18H22O2. The van der Waals surface area contributed by atoms with E-state index in [1.807, 2.05) is 52.0 Å². The Morgan fingerprint density at radius 1 is 1.05 bits per heavy atom. The van der Waals surface area contributed by atoms with Crippen LogP contribution in [0.2, 0.25) is 0 Å². The summed E-state index contributed by atoms with van der Waals surface area (Å²) in [6.45, 7) is 7.89. The first-order chi connectivity index (χ1) is 9.32. The Morgan fingerprint density at radius 3 is 2.25 bits per heavy atom. The van der Waals surface area contributed by atoms with Gasteiger partial charge >= 0.3 is 0 Å². The first-order valence-corrected chi connectivity index (χ1v) is 6.95. The predicted octanol–water partition coefficient (Wildman–Crippen LogP) is 4.57. The van der Waals surface area contributed by atoms with Crippen molar-refractivity contribution in [1.29, 1.82) is 0 Å². The number of hydrogen-bond acceptors (Lipinski definition) is 2. The number of carbonyl (C=O) groups is 1. The number of carbonyl (C=O) groups excluding carboxylic acids is 1. The van der Waals surface area contributed by atoms with Crippen molar-refractivity contribution in [2.75, 3.05) is 7.11 Å². The summed E-state index contributed by atoms with van der Waals surface area (Å²) in [4.78, 5) is 12.4. The van der Waals surface area contributed by atoms with Crippen molar-refractivity contribution in [1.82, 2.24) is 0 Å². The molecule has 2 rings (SSSR count). The van der Waals surface area contributed by atoms with Crippen molar-refractivity contribution >= 4 is 16.6 Å². The maximum Gasteiger partial charge on any atom is 0.145 e. The fraction of sp³-hybridized carbons (Fsp3) is 0.389. The molecule has 0 radical (unpaired) electrons. The molecule has 0 aliphatic carbocycles. The standard InChI is InChI=1S/C18H22O2/c1-12(17(19)18(2,3)4)13-6-7-15-11-16(20-5)9-8-14(15)10-13/h6-12H,1-5H3/t12-/m0/s1. The highest BCUT2D eigenvalue weighted by Crippen LogP contribution is 2.30. The topological polar surface area (TPSA) is 26.3 Å². The third-order valence-corrected chi connectivity index (χ3v) is 3.70. The lowest BCUT2D eigenvalue weighted by molar-refractivity contribution is -0.127. The van der Waals surface area contributed by atoms with Crippen LogP contribution in [0.1, 0.15) is 39.2 Å². The second kappa shape index (κ2) is 5.28. The number of ether oxygens (including phenoxy) is 1. The third-order valence-electron chi connectivity index (χ3n) is 3.70. The van der Waals surface area contributed by atoms with Gasteiger partial charge in [-0.2, -0.15) is 0 Å². The molecule has 106 valence electrons. The van der Waals surface area contributed by atoms with Crippen molar-refractivity contribution < 1.29 is 9.53 Å². The van der Waals surface area contributed by atoms with Gasteiger partial charge in [0.15, 0.2) is 0 Å². The average molecular weight is 270 g/mol. The van der Waals surface area contributed by atoms with Crippen molar-refractivity contribution in [3.05, 3.63) is 42.0 Å². The van der Waals surface area contributed by atoms with Gasteiger partial charge in [0.25, 0.3) is 0 Å². The van der Waals surface area contributed by atoms with Gasteiger partial charge in [-0.15, -0.1) is 0 Å². The van der Waals surface area contributed by atoms with Crippen LogP contribution in [-0.4, -0.2) is 12.9 Å². The summed E-state index contributed by atoms with van der Waals surface area (Å²) >= 11 is 0. The Kier molecular flexibility index (Phi) is 3.85. The highest BCUT2D eigenvalue weighted by molar-refractivity contribution is 5.92. The lowest BCUT2D eigenvalue weighted by atomic mass is 9.80. The minimum absolute atomic E-state index is 0.0819. The number of fused-ring (bicyclic) bond motifs is 1. The summed E-state index contributed by atoms with van der Waals surface area (Å²) < 4.78 is 5.23. The van der Waals surface area contributed by atoms with E-state index < -0.39 is 0 Å². The lowest BCUT2D eigenvalue weighted by Gasteiger charge is -2.22. The molecule has 0 spiro atoms. The second-order valence-corrected chi connectivity index (χ2v) is 6.31. The lowest BCUT2D eigenvalue weighted by Crippen LogP contribution is -2.25. The van der Waals surface area contributed by atoms with Crippen LogP contribution >= 0.6 is 0 Å². The number of hydrogen-bond donors (Lipinski definition) is 0. The van der Waals surface area contributed by atoms with E-state index in [9.17, 15) is 4.79 Å². The van der Waals surface area contributed by atoms with E-state index in [0.717, 1.165) is 22.1 Å². The van der Waals surface area contributed by atoms with E-state index in [0.29, 0.717) is 0 Å². The van der Waals surface area contributed by atoms with Crippen LogP contribution in [-0.2, 0) is 4.79 Å². The maximum absolute atomic E-state index is 12.4. The molecular weight excluding hydrogens is 248 g/mol. The number of methoxy groups -OCH3 is 1. The molecule has 0 unspecified atom stereocenters. The molecule has 0 amide bonds. The molecule has 2 aromatic rings. The Labute approximate surface area is 120 Å². The van der Waals surface area contributed by atoms with E-state index >= 15 is 0 Å². The molecule has 0 bridgehead atoms. The Balaban J connectivity index is 2.39. The fourth-order valence-electron chi connectivity index (χ4n) is 2.44. The summed E-state index contributed by atoms with van der Waals surface area (Å²) in [5, 5.41) is 2.26. The zero-order valence-electron chi connectivity index (χ0n) is 12.9. The van der Waals surface area contributed by atoms with Gasteiger partial charge in [0.05, 0.1) is 7.11 Å². The van der Waals surface area contributed by atoms with Gasteiger partial charge in [0.2, 0.25) is 0 Å². The van der Waals surface area contributed by atoms with Gasteiger partial charge in [-0.1, -0.05) is 52.0 Å². The smallest absolute Gasteiger partial charge is 0.145 e. The van der Waals surface area contributed by atoms with Crippen LogP contribution in [0, 0.1) is 5.41 Å². The van der Waals surface area contributed by atoms with Gasteiger partial charge < -0.3 is 4.74 Å². The summed E-state index contributed by atoms with van der Waals surface area (Å²) in [6.07, 6.45) is 0. The predicted molar refractivity (Wildman–Crippen MR) is 83.4 cm³/mol. The molecule has 20 heavy (non-hydrogen) atoms. The van der Waals surface area contributed by atoms with Crippen LogP contribution in [0.5, 0.6) is 5.75 Å². The van der Waals surface area contributed by atoms with E-state index in [4.69, 9.17) is 4.74 Å². The fourth-order valence-corrected chi connectivity index (χ4v) is 2.44. The summed E-state index contributed by atoms with van der Waals surface area (Å²) in [5.74, 6) is 1.04. The number of rotatable bonds is 3. The van der Waals surface area contributed by atoms with E-state index in [1.165, 1.54) is 0 Å². The maximum atomic E-state index is 12.4. The van der Waals surface area contributed by atoms with Crippen LogP contribution in [0.25, 0.3) is 10.8 Å². The highest BCUT2D eigenvalue weighted by atomic mass is 16.5. The molecule has 1 atom stereocenters. The largest absolute Gasteiger partial charge is 0.497 e. The van der Waals surface area contributed by atoms with Crippen molar-refractivity contribution in [3.8, 4) is 5.75 Å². The Bertz CT molecular complexity index is 635. The van der Waals surface area contributed by atoms with Gasteiger partial charge in [-0.05, 0) is 28.5 Å². The minimum Gasteiger partial charge on any atom is -0.497 e. The number of benzene rings is 2. The zero-order valence-corrected chi connectivity index (χ0v) is 12.9. The van der Waals surface area contributed by atoms with Gasteiger partial charge in [-0.25, -0.2) is 0 Å². The molecule has 0 saturated carbocycles. The van der Waals surface area contributed by atoms with E-state index in [-0.39, 0.29) is 17.1 Å². The molecule has 2 heteroatoms. The minimum atomic E-state index is -0.311. The number of Topliss-reactive ketones (excluding diaryl/α,β-unsaturated/α-hetero) is 1. The molecule has 0 aromatic heterocycles. The highest BCUT2D eigenvalue weighted by Gasteiger charge is 2.27. The van der Waals surface area contributed by atoms with Crippen LogP contribution < -0.4 is 4.74 Å². The summed E-state index contributed by atoms with van der Waals surface area (Å²) in [6, 6.07) is 12.2. The molecule has 2 aromatic carbocycles. The monoisotopic (exact) mass is 270 g/mol. The molecule has 0 saturated heterocycles. The first kappa shape index (κ1) is 14.6. The zero-order chi connectivity index (χ0) is 14.9.